The minimum absolute atomic E-state index is 0.182. The van der Waals surface area contributed by atoms with Crippen molar-refractivity contribution < 1.29 is 28.9 Å². The molecule has 234 valence electrons. The van der Waals surface area contributed by atoms with Crippen molar-refractivity contribution in [3.8, 4) is 23.0 Å². The largest absolute Gasteiger partial charge is 0.494 e. The van der Waals surface area contributed by atoms with Crippen molar-refractivity contribution in [2.24, 2.45) is 0 Å². The normalized spacial score (nSPS) is 11.9. The second-order valence-corrected chi connectivity index (χ2v) is 10.8. The van der Waals surface area contributed by atoms with E-state index in [1.807, 2.05) is 103 Å². The van der Waals surface area contributed by atoms with E-state index in [0.717, 1.165) is 17.0 Å². The lowest BCUT2D eigenvalue weighted by Crippen LogP contribution is -2.43. The lowest BCUT2D eigenvalue weighted by molar-refractivity contribution is -0.153. The lowest BCUT2D eigenvalue weighted by Gasteiger charge is -2.26. The molecular weight excluding hydrogens is 580 g/mol. The van der Waals surface area contributed by atoms with E-state index in [1.165, 1.54) is 0 Å². The molecular formula is C38H36N2O6. The van der Waals surface area contributed by atoms with Gasteiger partial charge in [0.2, 0.25) is 5.60 Å². The molecule has 8 nitrogen and oxygen atoms in total. The van der Waals surface area contributed by atoms with Crippen LogP contribution in [-0.2, 0) is 11.2 Å². The monoisotopic (exact) mass is 616 g/mol. The summed E-state index contributed by atoms with van der Waals surface area (Å²) in [5, 5.41) is 12.9. The van der Waals surface area contributed by atoms with Gasteiger partial charge in [0.05, 0.1) is 6.61 Å². The summed E-state index contributed by atoms with van der Waals surface area (Å²) < 4.78 is 17.7. The second kappa shape index (κ2) is 15.3. The molecule has 8 heteroatoms. The van der Waals surface area contributed by atoms with Gasteiger partial charge in [-0.1, -0.05) is 66.7 Å². The van der Waals surface area contributed by atoms with E-state index >= 15 is 0 Å². The highest BCUT2D eigenvalue weighted by molar-refractivity contribution is 6.01. The van der Waals surface area contributed by atoms with Gasteiger partial charge in [0.25, 0.3) is 0 Å². The third-order valence-corrected chi connectivity index (χ3v) is 7.20. The first-order valence-electron chi connectivity index (χ1n) is 15.0. The Kier molecular flexibility index (Phi) is 10.5. The number of carboxylic acid groups (broad SMARTS) is 1. The predicted octanol–water partition coefficient (Wildman–Crippen LogP) is 8.45. The molecule has 5 aromatic carbocycles. The van der Waals surface area contributed by atoms with Crippen molar-refractivity contribution in [2.75, 3.05) is 23.4 Å². The molecule has 0 heterocycles. The maximum atomic E-state index is 13.4. The van der Waals surface area contributed by atoms with Crippen molar-refractivity contribution in [1.82, 2.24) is 0 Å². The Balaban J connectivity index is 1.14. The average molecular weight is 617 g/mol. The van der Waals surface area contributed by atoms with E-state index in [1.54, 1.807) is 48.2 Å². The number of nitrogens with zero attached hydrogens (tertiary/aromatic N) is 1. The molecule has 2 amide bonds. The van der Waals surface area contributed by atoms with Crippen LogP contribution in [0.3, 0.4) is 0 Å². The SMILES string of the molecule is C[C@](Cc1ccc(OCCCN(C(=O)Nc2ccc(Oc3ccccc3)cc2)c2ccccc2)cc1)(Oc1ccccc1)C(=O)O. The maximum Gasteiger partial charge on any atom is 0.348 e. The molecule has 0 aliphatic heterocycles. The minimum atomic E-state index is -1.43. The van der Waals surface area contributed by atoms with Crippen LogP contribution in [0.5, 0.6) is 23.0 Å². The smallest absolute Gasteiger partial charge is 0.348 e. The van der Waals surface area contributed by atoms with Crippen molar-refractivity contribution in [2.45, 2.75) is 25.4 Å². The van der Waals surface area contributed by atoms with E-state index in [0.29, 0.717) is 42.5 Å². The number of benzene rings is 5. The van der Waals surface area contributed by atoms with Gasteiger partial charge in [-0.2, -0.15) is 0 Å². The molecule has 0 unspecified atom stereocenters. The number of nitrogens with one attached hydrogen (secondary N) is 1. The van der Waals surface area contributed by atoms with E-state index in [9.17, 15) is 14.7 Å². The van der Waals surface area contributed by atoms with Gasteiger partial charge < -0.3 is 24.6 Å². The predicted molar refractivity (Wildman–Crippen MR) is 179 cm³/mol. The fraction of sp³-hybridized carbons (Fsp3) is 0.158. The van der Waals surface area contributed by atoms with Gasteiger partial charge in [-0.3, -0.25) is 4.90 Å². The zero-order valence-electron chi connectivity index (χ0n) is 25.5. The van der Waals surface area contributed by atoms with Crippen LogP contribution >= 0.6 is 0 Å². The number of anilines is 2. The number of carbonyl (C=O) groups excluding carboxylic acids is 1. The average Bonchev–Trinajstić information content (AvgIpc) is 3.07. The van der Waals surface area contributed by atoms with Crippen LogP contribution in [0.15, 0.2) is 140 Å². The molecule has 0 fully saturated rings. The fourth-order valence-electron chi connectivity index (χ4n) is 4.79. The van der Waals surface area contributed by atoms with Crippen molar-refractivity contribution in [3.05, 3.63) is 145 Å². The Morgan fingerprint density at radius 2 is 1.24 bits per heavy atom. The molecule has 5 rings (SSSR count). The number of hydrogen-bond acceptors (Lipinski definition) is 5. The standard InChI is InChI=1S/C38H36N2O6/c1-38(36(41)42,46-35-16-9-4-10-17-35)28-29-18-22-32(23-19-29)44-27-11-26-40(31-12-5-2-6-13-31)37(43)39-30-20-24-34(25-21-30)45-33-14-7-3-8-15-33/h2-10,12-25H,11,26-28H2,1H3,(H,39,43)(H,41,42)/t38-/m1/s1. The van der Waals surface area contributed by atoms with Crippen LogP contribution in [0.4, 0.5) is 16.2 Å². The third kappa shape index (κ3) is 8.89. The number of rotatable bonds is 14. The Hall–Kier alpha value is -5.76. The van der Waals surface area contributed by atoms with Gasteiger partial charge in [-0.05, 0) is 91.7 Å². The lowest BCUT2D eigenvalue weighted by atomic mass is 9.96. The Labute approximate surface area is 268 Å². The van der Waals surface area contributed by atoms with Gasteiger partial charge in [-0.15, -0.1) is 0 Å². The van der Waals surface area contributed by atoms with Gasteiger partial charge in [0.1, 0.15) is 23.0 Å². The maximum absolute atomic E-state index is 13.4. The Morgan fingerprint density at radius 1 is 0.696 bits per heavy atom. The van der Waals surface area contributed by atoms with Crippen LogP contribution < -0.4 is 24.4 Å². The summed E-state index contributed by atoms with van der Waals surface area (Å²) in [4.78, 5) is 27.1. The number of aliphatic carboxylic acids is 1. The summed E-state index contributed by atoms with van der Waals surface area (Å²) >= 11 is 0. The van der Waals surface area contributed by atoms with Crippen molar-refractivity contribution in [1.29, 1.82) is 0 Å². The highest BCUT2D eigenvalue weighted by atomic mass is 16.5. The Morgan fingerprint density at radius 3 is 1.85 bits per heavy atom. The number of urea groups is 1. The van der Waals surface area contributed by atoms with Gasteiger partial charge in [0.15, 0.2) is 0 Å². The molecule has 1 atom stereocenters. The second-order valence-electron chi connectivity index (χ2n) is 10.8. The number of hydrogen-bond donors (Lipinski definition) is 2. The summed E-state index contributed by atoms with van der Waals surface area (Å²) in [7, 11) is 0. The molecule has 2 N–H and O–H groups in total. The zero-order valence-corrected chi connectivity index (χ0v) is 25.5. The summed E-state index contributed by atoms with van der Waals surface area (Å²) in [5.74, 6) is 1.51. The quantitative estimate of drug-likeness (QED) is 0.122. The minimum Gasteiger partial charge on any atom is -0.494 e. The number of amides is 2. The van der Waals surface area contributed by atoms with Crippen LogP contribution in [0.2, 0.25) is 0 Å². The molecule has 0 saturated carbocycles. The van der Waals surface area contributed by atoms with E-state index in [4.69, 9.17) is 14.2 Å². The first-order valence-corrected chi connectivity index (χ1v) is 15.0. The van der Waals surface area contributed by atoms with Gasteiger partial charge in [-0.25, -0.2) is 9.59 Å². The number of ether oxygens (including phenoxy) is 3. The van der Waals surface area contributed by atoms with Crippen LogP contribution in [0.1, 0.15) is 18.9 Å². The molecule has 0 saturated heterocycles. The molecule has 0 spiro atoms. The van der Waals surface area contributed by atoms with E-state index in [2.05, 4.69) is 5.32 Å². The molecule has 0 aliphatic rings. The van der Waals surface area contributed by atoms with Crippen LogP contribution in [-0.4, -0.2) is 35.9 Å². The topological polar surface area (TPSA) is 97.3 Å². The highest BCUT2D eigenvalue weighted by Gasteiger charge is 2.36. The van der Waals surface area contributed by atoms with Gasteiger partial charge >= 0.3 is 12.0 Å². The summed E-state index contributed by atoms with van der Waals surface area (Å²) in [5.41, 5.74) is 0.798. The fourth-order valence-corrected chi connectivity index (χ4v) is 4.79. The van der Waals surface area contributed by atoms with Crippen LogP contribution in [0, 0.1) is 0 Å². The first kappa shape index (κ1) is 31.7. The molecule has 46 heavy (non-hydrogen) atoms. The van der Waals surface area contributed by atoms with Crippen LogP contribution in [0.25, 0.3) is 0 Å². The molecule has 0 bridgehead atoms. The molecule has 5 aromatic rings. The van der Waals surface area contributed by atoms with E-state index < -0.39 is 11.6 Å². The third-order valence-electron chi connectivity index (χ3n) is 7.20. The number of carbonyl (C=O) groups is 2. The summed E-state index contributed by atoms with van der Waals surface area (Å²) in [6, 6.07) is 42.2. The number of carboxylic acids is 1. The molecule has 0 aromatic heterocycles. The first-order chi connectivity index (χ1) is 22.4. The number of para-hydroxylation sites is 3. The summed E-state index contributed by atoms with van der Waals surface area (Å²) in [6.07, 6.45) is 0.761. The Bertz CT molecular complexity index is 1680. The van der Waals surface area contributed by atoms with Crippen molar-refractivity contribution >= 4 is 23.4 Å². The van der Waals surface area contributed by atoms with Crippen molar-refractivity contribution in [3.63, 3.8) is 0 Å². The zero-order chi connectivity index (χ0) is 32.2. The van der Waals surface area contributed by atoms with E-state index in [-0.39, 0.29) is 12.5 Å². The molecule has 0 aliphatic carbocycles. The summed E-state index contributed by atoms with van der Waals surface area (Å²) in [6.45, 7) is 2.37. The highest BCUT2D eigenvalue weighted by Crippen LogP contribution is 2.25. The molecule has 0 radical (unpaired) electrons. The van der Waals surface area contributed by atoms with Gasteiger partial charge in [0, 0.05) is 24.3 Å².